The van der Waals surface area contributed by atoms with Crippen LogP contribution in [0.5, 0.6) is 11.5 Å². The van der Waals surface area contributed by atoms with Gasteiger partial charge in [-0.1, -0.05) is 24.3 Å². The molecule has 3 aromatic carbocycles. The molecule has 156 valence electrons. The third-order valence-electron chi connectivity index (χ3n) is 5.79. The fraction of sp³-hybridized carbons (Fsp3) is 0.200. The first-order valence-corrected chi connectivity index (χ1v) is 9.87. The molecule has 0 amide bonds. The van der Waals surface area contributed by atoms with Crippen molar-refractivity contribution in [1.82, 2.24) is 0 Å². The number of carbonyl (C=O) groups is 1. The molecular weight excluding hydrogens is 392 g/mol. The molecule has 3 unspecified atom stereocenters. The molecule has 0 saturated heterocycles. The van der Waals surface area contributed by atoms with Crippen LogP contribution < -0.4 is 14.8 Å². The van der Waals surface area contributed by atoms with Gasteiger partial charge >= 0.3 is 5.97 Å². The van der Waals surface area contributed by atoms with Crippen molar-refractivity contribution in [3.05, 3.63) is 89.0 Å². The molecular formula is C25H22N2O4. The van der Waals surface area contributed by atoms with Gasteiger partial charge in [-0.05, 0) is 59.2 Å². The van der Waals surface area contributed by atoms with Gasteiger partial charge in [-0.25, -0.2) is 4.79 Å². The Kier molecular flexibility index (Phi) is 5.50. The molecule has 1 aliphatic heterocycles. The first-order valence-electron chi connectivity index (χ1n) is 9.87. The highest BCUT2D eigenvalue weighted by Gasteiger charge is 2.42. The number of benzene rings is 3. The van der Waals surface area contributed by atoms with Crippen molar-refractivity contribution in [2.75, 3.05) is 19.5 Å². The van der Waals surface area contributed by atoms with Gasteiger partial charge in [-0.3, -0.25) is 0 Å². The highest BCUT2D eigenvalue weighted by Crippen LogP contribution is 2.48. The standard InChI is InChI=1S/C25H22N2O4/c1-30-18-8-4-16(5-9-18)22-20-13-15(14-26)3-12-21(20)27-24(25(28)29)23(22)17-6-10-19(31-2)11-7-17/h3-13,22-24,27H,1-2H3,(H,28,29). The van der Waals surface area contributed by atoms with Gasteiger partial charge < -0.3 is 19.9 Å². The Balaban J connectivity index is 1.93. The van der Waals surface area contributed by atoms with Gasteiger partial charge in [-0.15, -0.1) is 0 Å². The lowest BCUT2D eigenvalue weighted by Gasteiger charge is -2.39. The van der Waals surface area contributed by atoms with Crippen molar-refractivity contribution in [1.29, 1.82) is 5.26 Å². The Hall–Kier alpha value is -3.98. The van der Waals surface area contributed by atoms with Gasteiger partial charge in [0.1, 0.15) is 17.5 Å². The van der Waals surface area contributed by atoms with Gasteiger partial charge in [0, 0.05) is 17.5 Å². The van der Waals surface area contributed by atoms with Crippen molar-refractivity contribution in [3.8, 4) is 17.6 Å². The van der Waals surface area contributed by atoms with Crippen molar-refractivity contribution >= 4 is 11.7 Å². The average Bonchev–Trinajstić information content (AvgIpc) is 2.82. The monoisotopic (exact) mass is 414 g/mol. The fourth-order valence-electron chi connectivity index (χ4n) is 4.29. The zero-order chi connectivity index (χ0) is 22.0. The Morgan fingerprint density at radius 3 is 2.03 bits per heavy atom. The maximum atomic E-state index is 12.3. The molecule has 0 fully saturated rings. The van der Waals surface area contributed by atoms with Crippen LogP contribution in [0.3, 0.4) is 0 Å². The average molecular weight is 414 g/mol. The predicted octanol–water partition coefficient (Wildman–Crippen LogP) is 4.37. The Labute approximate surface area is 180 Å². The topological polar surface area (TPSA) is 91.6 Å². The number of ether oxygens (including phenoxy) is 2. The number of fused-ring (bicyclic) bond motifs is 1. The maximum Gasteiger partial charge on any atom is 0.326 e. The summed E-state index contributed by atoms with van der Waals surface area (Å²) in [5.74, 6) is -0.190. The quantitative estimate of drug-likeness (QED) is 0.644. The van der Waals surface area contributed by atoms with E-state index in [1.165, 1.54) is 0 Å². The Morgan fingerprint density at radius 1 is 0.935 bits per heavy atom. The number of anilines is 1. The van der Waals surface area contributed by atoms with E-state index in [1.807, 2.05) is 54.6 Å². The van der Waals surface area contributed by atoms with Crippen LogP contribution in [0.1, 0.15) is 34.1 Å². The highest BCUT2D eigenvalue weighted by molar-refractivity contribution is 5.82. The second-order valence-electron chi connectivity index (χ2n) is 7.42. The summed E-state index contributed by atoms with van der Waals surface area (Å²) >= 11 is 0. The lowest BCUT2D eigenvalue weighted by atomic mass is 9.70. The summed E-state index contributed by atoms with van der Waals surface area (Å²) < 4.78 is 10.6. The summed E-state index contributed by atoms with van der Waals surface area (Å²) in [6.45, 7) is 0. The molecule has 6 nitrogen and oxygen atoms in total. The second kappa shape index (κ2) is 8.41. The summed E-state index contributed by atoms with van der Waals surface area (Å²) in [7, 11) is 3.20. The summed E-state index contributed by atoms with van der Waals surface area (Å²) in [4.78, 5) is 12.3. The zero-order valence-corrected chi connectivity index (χ0v) is 17.2. The van der Waals surface area contributed by atoms with Crippen molar-refractivity contribution < 1.29 is 19.4 Å². The number of carboxylic acids is 1. The molecule has 0 radical (unpaired) electrons. The molecule has 0 aliphatic carbocycles. The maximum absolute atomic E-state index is 12.3. The van der Waals surface area contributed by atoms with Gasteiger partial charge in [-0.2, -0.15) is 5.26 Å². The van der Waals surface area contributed by atoms with Crippen LogP contribution in [0.2, 0.25) is 0 Å². The van der Waals surface area contributed by atoms with E-state index in [1.54, 1.807) is 26.4 Å². The van der Waals surface area contributed by atoms with Gasteiger partial charge in [0.05, 0.1) is 25.9 Å². The van der Waals surface area contributed by atoms with E-state index < -0.39 is 17.9 Å². The van der Waals surface area contributed by atoms with Crippen LogP contribution in [0, 0.1) is 11.3 Å². The van der Waals surface area contributed by atoms with E-state index in [4.69, 9.17) is 9.47 Å². The molecule has 6 heteroatoms. The van der Waals surface area contributed by atoms with Crippen LogP contribution in [-0.4, -0.2) is 31.3 Å². The van der Waals surface area contributed by atoms with Crippen LogP contribution in [-0.2, 0) is 4.79 Å². The van der Waals surface area contributed by atoms with E-state index in [2.05, 4.69) is 11.4 Å². The van der Waals surface area contributed by atoms with E-state index in [9.17, 15) is 15.2 Å². The first kappa shape index (κ1) is 20.3. The number of hydrogen-bond donors (Lipinski definition) is 2. The number of aliphatic carboxylic acids is 1. The van der Waals surface area contributed by atoms with Crippen molar-refractivity contribution in [2.45, 2.75) is 17.9 Å². The third-order valence-corrected chi connectivity index (χ3v) is 5.79. The molecule has 0 aromatic heterocycles. The van der Waals surface area contributed by atoms with Gasteiger partial charge in [0.15, 0.2) is 0 Å². The Morgan fingerprint density at radius 2 is 1.52 bits per heavy atom. The number of nitrogens with one attached hydrogen (secondary N) is 1. The molecule has 0 saturated carbocycles. The van der Waals surface area contributed by atoms with Crippen LogP contribution in [0.15, 0.2) is 66.7 Å². The highest BCUT2D eigenvalue weighted by atomic mass is 16.5. The summed E-state index contributed by atoms with van der Waals surface area (Å²) in [5.41, 5.74) is 3.96. The Bertz CT molecular complexity index is 1130. The summed E-state index contributed by atoms with van der Waals surface area (Å²) in [5, 5.41) is 22.7. The van der Waals surface area contributed by atoms with Crippen LogP contribution in [0.25, 0.3) is 0 Å². The molecule has 0 spiro atoms. The fourth-order valence-corrected chi connectivity index (χ4v) is 4.29. The molecule has 2 N–H and O–H groups in total. The number of hydrogen-bond acceptors (Lipinski definition) is 5. The van der Waals surface area contributed by atoms with E-state index in [0.717, 1.165) is 28.1 Å². The van der Waals surface area contributed by atoms with E-state index in [-0.39, 0.29) is 5.92 Å². The van der Waals surface area contributed by atoms with Crippen molar-refractivity contribution in [2.24, 2.45) is 0 Å². The third kappa shape index (κ3) is 3.78. The van der Waals surface area contributed by atoms with Gasteiger partial charge in [0.25, 0.3) is 0 Å². The lowest BCUT2D eigenvalue weighted by Crippen LogP contribution is -2.42. The molecule has 0 bridgehead atoms. The van der Waals surface area contributed by atoms with Crippen LogP contribution in [0.4, 0.5) is 5.69 Å². The molecule has 4 rings (SSSR count). The van der Waals surface area contributed by atoms with E-state index in [0.29, 0.717) is 11.3 Å². The first-order chi connectivity index (χ1) is 15.0. The minimum Gasteiger partial charge on any atom is -0.497 e. The summed E-state index contributed by atoms with van der Waals surface area (Å²) in [6, 6.07) is 21.8. The minimum absolute atomic E-state index is 0.273. The zero-order valence-electron chi connectivity index (χ0n) is 17.2. The number of carboxylic acid groups (broad SMARTS) is 1. The number of methoxy groups -OCH3 is 2. The normalized spacial score (nSPS) is 19.5. The second-order valence-corrected chi connectivity index (χ2v) is 7.42. The molecule has 3 aromatic rings. The van der Waals surface area contributed by atoms with E-state index >= 15 is 0 Å². The molecule has 3 atom stereocenters. The lowest BCUT2D eigenvalue weighted by molar-refractivity contribution is -0.138. The molecule has 31 heavy (non-hydrogen) atoms. The molecule has 1 heterocycles. The predicted molar refractivity (Wildman–Crippen MR) is 117 cm³/mol. The number of rotatable bonds is 5. The number of nitrogens with zero attached hydrogens (tertiary/aromatic N) is 1. The SMILES string of the molecule is COc1ccc(C2c3cc(C#N)ccc3NC(C(=O)O)C2c2ccc(OC)cc2)cc1. The van der Waals surface area contributed by atoms with Crippen LogP contribution >= 0.6 is 0 Å². The van der Waals surface area contributed by atoms with Gasteiger partial charge in [0.2, 0.25) is 0 Å². The smallest absolute Gasteiger partial charge is 0.326 e. The minimum atomic E-state index is -0.936. The largest absolute Gasteiger partial charge is 0.497 e. The summed E-state index contributed by atoms with van der Waals surface area (Å²) in [6.07, 6.45) is 0. The number of nitriles is 1. The molecule has 1 aliphatic rings. The van der Waals surface area contributed by atoms with Crippen molar-refractivity contribution in [3.63, 3.8) is 0 Å².